The van der Waals surface area contributed by atoms with Crippen LogP contribution in [0.5, 0.6) is 5.75 Å². The summed E-state index contributed by atoms with van der Waals surface area (Å²) in [7, 11) is -1.26. The van der Waals surface area contributed by atoms with E-state index in [-0.39, 0.29) is 22.8 Å². The summed E-state index contributed by atoms with van der Waals surface area (Å²) in [5.74, 6) is 1.01. The van der Waals surface area contributed by atoms with E-state index in [1.54, 1.807) is 12.1 Å². The molecule has 1 atom stereocenters. The largest absolute Gasteiger partial charge is 2.00 e. The van der Waals surface area contributed by atoms with Crippen LogP contribution in [0.2, 0.25) is 0 Å². The zero-order valence-electron chi connectivity index (χ0n) is 14.9. The van der Waals surface area contributed by atoms with E-state index in [4.69, 9.17) is 0 Å². The number of hydrogen-bond donors (Lipinski definition) is 1. The third-order valence-corrected chi connectivity index (χ3v) is 5.42. The van der Waals surface area contributed by atoms with Crippen molar-refractivity contribution in [2.45, 2.75) is 11.8 Å². The van der Waals surface area contributed by atoms with Gasteiger partial charge in [0.1, 0.15) is 5.75 Å². The summed E-state index contributed by atoms with van der Waals surface area (Å²) in [4.78, 5) is 0.767. The summed E-state index contributed by atoms with van der Waals surface area (Å²) < 4.78 is 12.8. The van der Waals surface area contributed by atoms with Crippen molar-refractivity contribution in [3.05, 3.63) is 122 Å². The standard InChI is InChI=1S/C18H15O2S.C5H5.Fe/c1-13-9-11-14(12-10-13)21(20)18-8-4-6-16(18)15-5-2-3-7-17(15)19;1-2-4-5-3-1;/h2-12,19H,1H3;1-5H;/q;;+2/t21-;;/m1../s1. The summed E-state index contributed by atoms with van der Waals surface area (Å²) in [6, 6.07) is 14.8. The predicted molar refractivity (Wildman–Crippen MR) is 106 cm³/mol. The fourth-order valence-corrected chi connectivity index (χ4v) is 3.82. The minimum atomic E-state index is -1.26. The van der Waals surface area contributed by atoms with Crippen LogP contribution in [0, 0.1) is 69.5 Å². The summed E-state index contributed by atoms with van der Waals surface area (Å²) >= 11 is 0. The Hall–Kier alpha value is -1.09. The second-order valence-corrected chi connectivity index (χ2v) is 7.31. The second-order valence-electron chi connectivity index (χ2n) is 5.86. The van der Waals surface area contributed by atoms with Crippen molar-refractivity contribution in [1.82, 2.24) is 0 Å². The fourth-order valence-electron chi connectivity index (χ4n) is 2.60. The zero-order chi connectivity index (χ0) is 18.4. The summed E-state index contributed by atoms with van der Waals surface area (Å²) in [5, 5.41) is 10.7. The van der Waals surface area contributed by atoms with Gasteiger partial charge in [-0.25, -0.2) is 0 Å². The third kappa shape index (κ3) is 5.94. The van der Waals surface area contributed by atoms with Crippen LogP contribution in [0.4, 0.5) is 0 Å². The number of hydrogen-bond acceptors (Lipinski definition) is 2. The number of aryl methyl sites for hydroxylation is 1. The topological polar surface area (TPSA) is 37.3 Å². The maximum atomic E-state index is 12.8. The van der Waals surface area contributed by atoms with Gasteiger partial charge in [0.25, 0.3) is 0 Å². The molecule has 4 heteroatoms. The van der Waals surface area contributed by atoms with Crippen molar-refractivity contribution in [2.24, 2.45) is 0 Å². The smallest absolute Gasteiger partial charge is 0.508 e. The maximum absolute atomic E-state index is 12.8. The quantitative estimate of drug-likeness (QED) is 0.743. The Bertz CT molecular complexity index is 718. The van der Waals surface area contributed by atoms with Gasteiger partial charge in [-0.3, -0.25) is 4.21 Å². The molecule has 0 aromatic heterocycles. The van der Waals surface area contributed by atoms with Crippen LogP contribution in [0.25, 0.3) is 0 Å². The van der Waals surface area contributed by atoms with Crippen LogP contribution in [-0.2, 0) is 27.9 Å². The molecule has 0 spiro atoms. The molecule has 10 radical (unpaired) electrons. The fraction of sp³-hybridized carbons (Fsp3) is 0.0435. The van der Waals surface area contributed by atoms with Crippen LogP contribution in [-0.4, -0.2) is 9.32 Å². The maximum Gasteiger partial charge on any atom is 2.00 e. The molecule has 0 saturated heterocycles. The Morgan fingerprint density at radius 3 is 1.96 bits per heavy atom. The van der Waals surface area contributed by atoms with Gasteiger partial charge in [0.15, 0.2) is 0 Å². The average molecular weight is 416 g/mol. The van der Waals surface area contributed by atoms with Crippen molar-refractivity contribution < 1.29 is 26.4 Å². The van der Waals surface area contributed by atoms with Crippen LogP contribution < -0.4 is 0 Å². The van der Waals surface area contributed by atoms with Gasteiger partial charge in [-0.15, -0.1) is 0 Å². The van der Waals surface area contributed by atoms with Gasteiger partial charge >= 0.3 is 17.1 Å². The number of aromatic hydroxyl groups is 1. The summed E-state index contributed by atoms with van der Waals surface area (Å²) in [6.45, 7) is 2.00. The van der Waals surface area contributed by atoms with E-state index in [0.29, 0.717) is 5.56 Å². The van der Waals surface area contributed by atoms with Crippen LogP contribution >= 0.6 is 0 Å². The molecule has 0 heterocycles. The van der Waals surface area contributed by atoms with E-state index >= 15 is 0 Å². The minimum absolute atomic E-state index is 0. The van der Waals surface area contributed by atoms with Gasteiger partial charge in [-0.1, -0.05) is 35.9 Å². The zero-order valence-corrected chi connectivity index (χ0v) is 16.8. The number of phenols is 1. The van der Waals surface area contributed by atoms with E-state index in [1.165, 1.54) is 0 Å². The first kappa shape index (κ1) is 22.2. The molecule has 2 nitrogen and oxygen atoms in total. The molecule has 2 aromatic carbocycles. The van der Waals surface area contributed by atoms with E-state index in [0.717, 1.165) is 21.6 Å². The van der Waals surface area contributed by atoms with E-state index < -0.39 is 10.8 Å². The molecule has 0 bridgehead atoms. The van der Waals surface area contributed by atoms with E-state index in [1.807, 2.05) is 94.7 Å². The molecule has 2 fully saturated rings. The van der Waals surface area contributed by atoms with Crippen LogP contribution in [0.1, 0.15) is 11.1 Å². The van der Waals surface area contributed by atoms with Gasteiger partial charge in [0, 0.05) is 16.4 Å². The van der Waals surface area contributed by atoms with Gasteiger partial charge in [-0.2, -0.15) is 0 Å². The first-order valence-electron chi connectivity index (χ1n) is 8.36. The predicted octanol–water partition coefficient (Wildman–Crippen LogP) is 4.61. The molecule has 0 aliphatic heterocycles. The van der Waals surface area contributed by atoms with Crippen LogP contribution in [0.3, 0.4) is 0 Å². The van der Waals surface area contributed by atoms with Crippen molar-refractivity contribution in [3.63, 3.8) is 0 Å². The van der Waals surface area contributed by atoms with Crippen molar-refractivity contribution >= 4 is 10.8 Å². The Kier molecular flexibility index (Phi) is 9.08. The number of rotatable bonds is 3. The molecule has 0 unspecified atom stereocenters. The molecule has 27 heavy (non-hydrogen) atoms. The van der Waals surface area contributed by atoms with E-state index in [9.17, 15) is 9.32 Å². The second kappa shape index (κ2) is 11.0. The van der Waals surface area contributed by atoms with Crippen molar-refractivity contribution in [3.8, 4) is 5.75 Å². The molecule has 2 saturated carbocycles. The molecule has 2 aromatic rings. The monoisotopic (exact) mass is 416 g/mol. The van der Waals surface area contributed by atoms with Crippen LogP contribution in [0.15, 0.2) is 53.4 Å². The Labute approximate surface area is 176 Å². The summed E-state index contributed by atoms with van der Waals surface area (Å²) in [5.41, 5.74) is 1.84. The van der Waals surface area contributed by atoms with Crippen molar-refractivity contribution in [2.75, 3.05) is 0 Å². The molecule has 136 valence electrons. The van der Waals surface area contributed by atoms with Gasteiger partial charge in [0.2, 0.25) is 0 Å². The van der Waals surface area contributed by atoms with Gasteiger partial charge in [-0.05, 0) is 76.5 Å². The molecule has 4 rings (SSSR count). The molecule has 0 amide bonds. The Balaban J connectivity index is 0.000000379. The Morgan fingerprint density at radius 2 is 1.37 bits per heavy atom. The molecule has 1 N–H and O–H groups in total. The molecular weight excluding hydrogens is 396 g/mol. The SMILES string of the molecule is Cc1ccc([S@@](=O)[C]2[CH][CH][CH][C]2c2ccccc2O)cc1.[CH]1[CH][CH][CH][CH]1.[Fe+2]. The molecular formula is C23H20FeO2S+2. The third-order valence-electron chi connectivity index (χ3n) is 3.96. The van der Waals surface area contributed by atoms with Gasteiger partial charge < -0.3 is 5.11 Å². The first-order valence-corrected chi connectivity index (χ1v) is 9.51. The summed E-state index contributed by atoms with van der Waals surface area (Å²) in [6.07, 6.45) is 15.6. The van der Waals surface area contributed by atoms with Gasteiger partial charge in [0.05, 0.1) is 16.0 Å². The molecule has 2 aliphatic carbocycles. The average Bonchev–Trinajstić information content (AvgIpc) is 3.37. The molecule has 2 aliphatic rings. The normalized spacial score (nSPS) is 18.4. The minimum Gasteiger partial charge on any atom is -0.508 e. The first-order chi connectivity index (χ1) is 12.7. The van der Waals surface area contributed by atoms with E-state index in [2.05, 4.69) is 0 Å². The number of phenolic OH excluding ortho intramolecular Hbond substituents is 1. The number of benzene rings is 2. The van der Waals surface area contributed by atoms with Crippen molar-refractivity contribution in [1.29, 1.82) is 0 Å². The number of para-hydroxylation sites is 1. The Morgan fingerprint density at radius 1 is 0.778 bits per heavy atom.